The molecule has 4 fully saturated rings. The maximum atomic E-state index is 12.3. The minimum absolute atomic E-state index is 0.263. The van der Waals surface area contributed by atoms with Crippen LogP contribution in [-0.4, -0.2) is 15.3 Å². The highest BCUT2D eigenvalue weighted by atomic mass is 32.2. The monoisotopic (exact) mass is 308 g/mol. The molecule has 0 aromatic carbocycles. The largest absolute Gasteiger partial charge is 0.598 e. The molecule has 0 spiro atoms. The fourth-order valence-electron chi connectivity index (χ4n) is 5.39. The lowest BCUT2D eigenvalue weighted by atomic mass is 9.48. The third-order valence-electron chi connectivity index (χ3n) is 5.76. The molecule has 0 radical (unpaired) electrons. The van der Waals surface area contributed by atoms with Crippen LogP contribution in [0, 0.1) is 34.5 Å². The first-order valence-electron chi connectivity index (χ1n) is 8.37. The predicted octanol–water partition coefficient (Wildman–Crippen LogP) is 3.54. The van der Waals surface area contributed by atoms with Crippen LogP contribution in [0.25, 0.3) is 0 Å². The lowest BCUT2D eigenvalue weighted by Gasteiger charge is -2.57. The zero-order valence-electron chi connectivity index (χ0n) is 13.5. The molecule has 4 bridgehead atoms. The van der Waals surface area contributed by atoms with Crippen molar-refractivity contribution in [3.8, 4) is 6.07 Å². The number of nitrogens with zero attached hydrogens (tertiary/aromatic N) is 1. The van der Waals surface area contributed by atoms with E-state index in [-0.39, 0.29) is 10.8 Å². The average molecular weight is 308 g/mol. The summed E-state index contributed by atoms with van der Waals surface area (Å²) in [5, 5.41) is 9.50. The van der Waals surface area contributed by atoms with E-state index in [4.69, 9.17) is 0 Å². The van der Waals surface area contributed by atoms with E-state index in [1.54, 1.807) is 0 Å². The highest BCUT2D eigenvalue weighted by molar-refractivity contribution is 7.90. The van der Waals surface area contributed by atoms with Gasteiger partial charge in [-0.3, -0.25) is 0 Å². The second kappa shape index (κ2) is 5.44. The molecule has 0 saturated heterocycles. The van der Waals surface area contributed by atoms with Gasteiger partial charge in [0.05, 0.1) is 6.07 Å². The Morgan fingerprint density at radius 2 is 1.67 bits per heavy atom. The van der Waals surface area contributed by atoms with E-state index in [2.05, 4.69) is 10.8 Å². The van der Waals surface area contributed by atoms with Crippen LogP contribution in [0.2, 0.25) is 0 Å². The van der Waals surface area contributed by atoms with Gasteiger partial charge < -0.3 is 4.55 Å². The summed E-state index contributed by atoms with van der Waals surface area (Å²) in [5.41, 5.74) is 0.365. The van der Waals surface area contributed by atoms with Gasteiger partial charge in [-0.2, -0.15) is 5.26 Å². The minimum Gasteiger partial charge on any atom is -0.598 e. The van der Waals surface area contributed by atoms with Gasteiger partial charge in [0.2, 0.25) is 0 Å². The molecule has 4 rings (SSSR count). The van der Waals surface area contributed by atoms with Crippen LogP contribution in [0.1, 0.15) is 65.7 Å². The second-order valence-electron chi connectivity index (χ2n) is 8.80. The first kappa shape index (κ1) is 15.6. The highest BCUT2D eigenvalue weighted by Gasteiger charge is 2.51. The van der Waals surface area contributed by atoms with Crippen molar-refractivity contribution in [2.75, 3.05) is 0 Å². The van der Waals surface area contributed by atoms with Crippen molar-refractivity contribution in [3.63, 3.8) is 0 Å². The van der Waals surface area contributed by atoms with Crippen LogP contribution in [-0.2, 0) is 11.4 Å². The van der Waals surface area contributed by atoms with Gasteiger partial charge in [0.25, 0.3) is 0 Å². The van der Waals surface area contributed by atoms with E-state index in [0.29, 0.717) is 5.41 Å². The van der Waals surface area contributed by atoms with Crippen LogP contribution in [0.15, 0.2) is 0 Å². The van der Waals surface area contributed by atoms with E-state index in [9.17, 15) is 9.81 Å². The molecule has 0 aliphatic heterocycles. The van der Waals surface area contributed by atoms with Crippen molar-refractivity contribution < 1.29 is 4.55 Å². The molecule has 0 heterocycles. The molecule has 4 aliphatic rings. The van der Waals surface area contributed by atoms with Crippen LogP contribution < -0.4 is 4.72 Å². The molecule has 21 heavy (non-hydrogen) atoms. The molecule has 0 aromatic rings. The number of nitrogens with one attached hydrogen (secondary N) is 1. The van der Waals surface area contributed by atoms with E-state index in [0.717, 1.165) is 24.2 Å². The minimum atomic E-state index is -1.15. The van der Waals surface area contributed by atoms with Crippen molar-refractivity contribution in [2.45, 2.75) is 76.5 Å². The van der Waals surface area contributed by atoms with E-state index >= 15 is 0 Å². The quantitative estimate of drug-likeness (QED) is 0.808. The fourth-order valence-corrected chi connectivity index (χ4v) is 6.14. The lowest BCUT2D eigenvalue weighted by Crippen LogP contribution is -2.51. The van der Waals surface area contributed by atoms with E-state index in [1.165, 1.54) is 38.5 Å². The van der Waals surface area contributed by atoms with Crippen molar-refractivity contribution in [2.24, 2.45) is 23.2 Å². The zero-order valence-corrected chi connectivity index (χ0v) is 14.3. The molecule has 4 saturated carbocycles. The predicted molar refractivity (Wildman–Crippen MR) is 85.7 cm³/mol. The molecule has 0 amide bonds. The summed E-state index contributed by atoms with van der Waals surface area (Å²) in [6, 6.07) is 2.11. The molecule has 1 N–H and O–H groups in total. The van der Waals surface area contributed by atoms with Gasteiger partial charge in [-0.05, 0) is 88.9 Å². The lowest BCUT2D eigenvalue weighted by molar-refractivity contribution is -0.0588. The molecule has 4 aliphatic carbocycles. The molecular formula is C17H28N2OS. The maximum Gasteiger partial charge on any atom is 0.139 e. The molecule has 118 valence electrons. The summed E-state index contributed by atoms with van der Waals surface area (Å²) >= 11 is -1.15. The molecule has 2 atom stereocenters. The van der Waals surface area contributed by atoms with Crippen molar-refractivity contribution >= 4 is 11.4 Å². The SMILES string of the molecule is CC(C)(C)[S@+]([O-])N[C@H](C#N)CC12CC3CC(CC(C3)C1)C2. The van der Waals surface area contributed by atoms with Gasteiger partial charge in [0, 0.05) is 11.4 Å². The Bertz CT molecular complexity index is 402. The molecule has 0 unspecified atom stereocenters. The van der Waals surface area contributed by atoms with E-state index in [1.807, 2.05) is 20.8 Å². The van der Waals surface area contributed by atoms with Crippen LogP contribution in [0.4, 0.5) is 0 Å². The average Bonchev–Trinajstić information content (AvgIpc) is 2.34. The molecule has 4 heteroatoms. The van der Waals surface area contributed by atoms with Crippen molar-refractivity contribution in [1.82, 2.24) is 4.72 Å². The van der Waals surface area contributed by atoms with Crippen molar-refractivity contribution in [3.05, 3.63) is 0 Å². The third-order valence-corrected chi connectivity index (χ3v) is 7.37. The number of nitriles is 1. The van der Waals surface area contributed by atoms with Gasteiger partial charge in [-0.15, -0.1) is 4.72 Å². The Kier molecular flexibility index (Phi) is 4.05. The van der Waals surface area contributed by atoms with Gasteiger partial charge in [-0.25, -0.2) is 0 Å². The summed E-state index contributed by atoms with van der Waals surface area (Å²) in [6.07, 6.45) is 9.10. The van der Waals surface area contributed by atoms with Gasteiger partial charge in [0.1, 0.15) is 10.8 Å². The Hall–Kier alpha value is -0.240. The van der Waals surface area contributed by atoms with E-state index < -0.39 is 11.4 Å². The Balaban J connectivity index is 1.66. The standard InChI is InChI=1S/C17H28N2OS/c1-16(2,3)21(20)19-15(11-18)10-17-7-12-4-13(8-17)6-14(5-12)9-17/h12-15,19H,4-10H2,1-3H3/t12?,13?,14?,15-,17?,21-/m0/s1. The first-order chi connectivity index (χ1) is 9.79. The second-order valence-corrected chi connectivity index (χ2v) is 10.8. The smallest absolute Gasteiger partial charge is 0.139 e. The summed E-state index contributed by atoms with van der Waals surface area (Å²) in [7, 11) is 0. The number of hydrogen-bond donors (Lipinski definition) is 1. The normalized spacial score (nSPS) is 40.8. The number of hydrogen-bond acceptors (Lipinski definition) is 3. The zero-order chi connectivity index (χ0) is 15.3. The summed E-state index contributed by atoms with van der Waals surface area (Å²) in [5.74, 6) is 2.72. The fraction of sp³-hybridized carbons (Fsp3) is 0.941. The molecule has 0 aromatic heterocycles. The summed E-state index contributed by atoms with van der Waals surface area (Å²) < 4.78 is 15.1. The maximum absolute atomic E-state index is 12.3. The number of rotatable bonds is 4. The Labute approximate surface area is 132 Å². The van der Waals surface area contributed by atoms with Gasteiger partial charge in [0.15, 0.2) is 0 Å². The van der Waals surface area contributed by atoms with Crippen LogP contribution in [0.5, 0.6) is 0 Å². The van der Waals surface area contributed by atoms with Gasteiger partial charge in [-0.1, -0.05) is 0 Å². The van der Waals surface area contributed by atoms with Crippen molar-refractivity contribution in [1.29, 1.82) is 5.26 Å². The van der Waals surface area contributed by atoms with Gasteiger partial charge >= 0.3 is 0 Å². The highest BCUT2D eigenvalue weighted by Crippen LogP contribution is 2.61. The topological polar surface area (TPSA) is 58.9 Å². The summed E-state index contributed by atoms with van der Waals surface area (Å²) in [6.45, 7) is 5.86. The Morgan fingerprint density at radius 3 is 2.05 bits per heavy atom. The third kappa shape index (κ3) is 3.25. The van der Waals surface area contributed by atoms with Crippen LogP contribution >= 0.6 is 0 Å². The molecule has 3 nitrogen and oxygen atoms in total. The first-order valence-corrected chi connectivity index (χ1v) is 9.52. The summed E-state index contributed by atoms with van der Waals surface area (Å²) in [4.78, 5) is 0. The Morgan fingerprint density at radius 1 is 1.19 bits per heavy atom. The van der Waals surface area contributed by atoms with Crippen LogP contribution in [0.3, 0.4) is 0 Å². The molecular weight excluding hydrogens is 280 g/mol.